The Labute approximate surface area is 176 Å². The minimum absolute atomic E-state index is 0.0156. The van der Waals surface area contributed by atoms with Crippen molar-refractivity contribution in [3.63, 3.8) is 0 Å². The Morgan fingerprint density at radius 3 is 2.60 bits per heavy atom. The second kappa shape index (κ2) is 7.95. The predicted molar refractivity (Wildman–Crippen MR) is 105 cm³/mol. The molecule has 3 N–H and O–H groups in total. The second-order valence-corrected chi connectivity index (χ2v) is 8.11. The molecule has 0 aromatic heterocycles. The highest BCUT2D eigenvalue weighted by Gasteiger charge is 2.54. The third-order valence-electron chi connectivity index (χ3n) is 5.94. The van der Waals surface area contributed by atoms with Gasteiger partial charge in [0.15, 0.2) is 5.11 Å². The minimum atomic E-state index is -4.53. The van der Waals surface area contributed by atoms with Gasteiger partial charge in [-0.1, -0.05) is 6.07 Å². The van der Waals surface area contributed by atoms with Crippen LogP contribution in [0.5, 0.6) is 0 Å². The van der Waals surface area contributed by atoms with Gasteiger partial charge in [0.25, 0.3) is 0 Å². The van der Waals surface area contributed by atoms with Crippen molar-refractivity contribution in [2.75, 3.05) is 31.2 Å². The topological polar surface area (TPSA) is 85.3 Å². The van der Waals surface area contributed by atoms with Gasteiger partial charge in [0.05, 0.1) is 42.9 Å². The van der Waals surface area contributed by atoms with E-state index in [0.29, 0.717) is 26.3 Å². The van der Waals surface area contributed by atoms with Crippen molar-refractivity contribution < 1.29 is 32.9 Å². The van der Waals surface area contributed by atoms with Gasteiger partial charge >= 0.3 is 6.18 Å². The van der Waals surface area contributed by atoms with Gasteiger partial charge in [0, 0.05) is 18.8 Å². The van der Waals surface area contributed by atoms with E-state index in [1.54, 1.807) is 4.90 Å². The molecular formula is C19H22F3N3O4S. The van der Waals surface area contributed by atoms with Crippen LogP contribution in [0.3, 0.4) is 0 Å². The zero-order valence-electron chi connectivity index (χ0n) is 15.9. The number of rotatable bonds is 2. The van der Waals surface area contributed by atoms with Crippen LogP contribution in [0.4, 0.5) is 18.9 Å². The van der Waals surface area contributed by atoms with Crippen molar-refractivity contribution in [3.05, 3.63) is 29.8 Å². The molecule has 11 heteroatoms. The van der Waals surface area contributed by atoms with Gasteiger partial charge in [-0.3, -0.25) is 4.79 Å². The van der Waals surface area contributed by atoms with Crippen molar-refractivity contribution >= 4 is 28.9 Å². The molecule has 0 spiro atoms. The number of aliphatic hydroxyl groups is 2. The van der Waals surface area contributed by atoms with E-state index in [0.717, 1.165) is 12.1 Å². The number of hydrogen-bond donors (Lipinski definition) is 3. The monoisotopic (exact) mass is 445 g/mol. The van der Waals surface area contributed by atoms with Gasteiger partial charge in [0.1, 0.15) is 6.10 Å². The van der Waals surface area contributed by atoms with E-state index in [9.17, 15) is 28.2 Å². The highest BCUT2D eigenvalue weighted by atomic mass is 32.1. The Hall–Kier alpha value is -1.95. The van der Waals surface area contributed by atoms with Gasteiger partial charge in [0.2, 0.25) is 5.91 Å². The number of carbonyl (C=O) groups is 1. The van der Waals surface area contributed by atoms with Crippen LogP contribution in [0, 0.1) is 5.92 Å². The highest BCUT2D eigenvalue weighted by molar-refractivity contribution is 7.80. The minimum Gasteiger partial charge on any atom is -0.390 e. The molecule has 1 aliphatic carbocycles. The lowest BCUT2D eigenvalue weighted by atomic mass is 9.77. The lowest BCUT2D eigenvalue weighted by Crippen LogP contribution is -2.61. The summed E-state index contributed by atoms with van der Waals surface area (Å²) in [6.45, 7) is 1.58. The zero-order valence-corrected chi connectivity index (χ0v) is 16.7. The number of fused-ring (bicyclic) bond motifs is 1. The van der Waals surface area contributed by atoms with Crippen molar-refractivity contribution in [2.24, 2.45) is 5.92 Å². The third kappa shape index (κ3) is 3.75. The fourth-order valence-corrected chi connectivity index (χ4v) is 4.84. The quantitative estimate of drug-likeness (QED) is 0.579. The maximum absolute atomic E-state index is 13.3. The SMILES string of the molecule is O=C([C@@H]1C[C@@H](O)[C@H](O)[C@@H]2NC(=S)N(c3cccc(C(F)(F)F)c3)[C@@H]21)N1CCOCC1. The van der Waals surface area contributed by atoms with Crippen molar-refractivity contribution in [3.8, 4) is 0 Å². The van der Waals surface area contributed by atoms with E-state index in [1.165, 1.54) is 17.0 Å². The van der Waals surface area contributed by atoms with Gasteiger partial charge in [-0.05, 0) is 36.8 Å². The molecule has 2 aliphatic heterocycles. The molecule has 1 saturated carbocycles. The van der Waals surface area contributed by atoms with Crippen molar-refractivity contribution in [2.45, 2.75) is 36.9 Å². The van der Waals surface area contributed by atoms with E-state index in [1.807, 2.05) is 0 Å². The molecule has 1 aromatic carbocycles. The molecule has 1 aromatic rings. The lowest BCUT2D eigenvalue weighted by Gasteiger charge is -2.43. The Morgan fingerprint density at radius 2 is 1.93 bits per heavy atom. The standard InChI is InChI=1S/C19H22F3N3O4S/c20-19(21,22)10-2-1-3-11(8-10)25-15-12(17(28)24-4-6-29-7-5-24)9-13(26)16(27)14(15)23-18(25)30/h1-3,8,12-16,26-27H,4-7,9H2,(H,23,30)/t12-,13-,14-,15-,16+/m1/s1. The highest BCUT2D eigenvalue weighted by Crippen LogP contribution is 2.39. The smallest absolute Gasteiger partial charge is 0.390 e. The van der Waals surface area contributed by atoms with Crippen LogP contribution < -0.4 is 10.2 Å². The van der Waals surface area contributed by atoms with Gasteiger partial charge in [-0.2, -0.15) is 13.2 Å². The van der Waals surface area contributed by atoms with Gasteiger partial charge < -0.3 is 30.1 Å². The Bertz CT molecular complexity index is 833. The number of anilines is 1. The molecule has 5 atom stereocenters. The summed E-state index contributed by atoms with van der Waals surface area (Å²) in [5.74, 6) is -0.989. The molecule has 2 saturated heterocycles. The van der Waals surface area contributed by atoms with Crippen molar-refractivity contribution in [1.82, 2.24) is 10.2 Å². The number of nitrogens with one attached hydrogen (secondary N) is 1. The van der Waals surface area contributed by atoms with Crippen LogP contribution in [-0.2, 0) is 15.7 Å². The number of nitrogens with zero attached hydrogens (tertiary/aromatic N) is 2. The number of aliphatic hydroxyl groups excluding tert-OH is 2. The normalized spacial score (nSPS) is 32.0. The van der Waals surface area contributed by atoms with E-state index >= 15 is 0 Å². The largest absolute Gasteiger partial charge is 0.416 e. The zero-order chi connectivity index (χ0) is 21.6. The van der Waals surface area contributed by atoms with E-state index in [-0.39, 0.29) is 23.1 Å². The summed E-state index contributed by atoms with van der Waals surface area (Å²) in [4.78, 5) is 16.3. The molecule has 2 heterocycles. The number of benzene rings is 1. The summed E-state index contributed by atoms with van der Waals surface area (Å²) in [5, 5.41) is 23.9. The maximum atomic E-state index is 13.3. The summed E-state index contributed by atoms with van der Waals surface area (Å²) in [6.07, 6.45) is -6.91. The Kier molecular flexibility index (Phi) is 5.64. The molecule has 0 bridgehead atoms. The summed E-state index contributed by atoms with van der Waals surface area (Å²) in [6, 6.07) is 3.19. The van der Waals surface area contributed by atoms with Crippen LogP contribution in [0.1, 0.15) is 12.0 Å². The van der Waals surface area contributed by atoms with Crippen LogP contribution in [0.15, 0.2) is 24.3 Å². The number of amides is 1. The molecule has 4 rings (SSSR count). The number of halogens is 3. The number of morpholine rings is 1. The first-order valence-corrected chi connectivity index (χ1v) is 10.1. The molecule has 3 fully saturated rings. The molecular weight excluding hydrogens is 423 g/mol. The van der Waals surface area contributed by atoms with E-state index in [2.05, 4.69) is 5.32 Å². The first kappa shape index (κ1) is 21.3. The van der Waals surface area contributed by atoms with Crippen LogP contribution >= 0.6 is 12.2 Å². The van der Waals surface area contributed by atoms with E-state index < -0.39 is 41.9 Å². The first-order valence-electron chi connectivity index (χ1n) is 9.68. The molecule has 3 aliphatic rings. The average molecular weight is 445 g/mol. The van der Waals surface area contributed by atoms with Gasteiger partial charge in [-0.25, -0.2) is 0 Å². The molecule has 30 heavy (non-hydrogen) atoms. The van der Waals surface area contributed by atoms with E-state index in [4.69, 9.17) is 17.0 Å². The Morgan fingerprint density at radius 1 is 1.23 bits per heavy atom. The predicted octanol–water partition coefficient (Wildman–Crippen LogP) is 0.738. The van der Waals surface area contributed by atoms with Crippen molar-refractivity contribution in [1.29, 1.82) is 0 Å². The van der Waals surface area contributed by atoms with Crippen LogP contribution in [0.25, 0.3) is 0 Å². The molecule has 0 unspecified atom stereocenters. The summed E-state index contributed by atoms with van der Waals surface area (Å²) >= 11 is 5.36. The van der Waals surface area contributed by atoms with Crippen LogP contribution in [0.2, 0.25) is 0 Å². The maximum Gasteiger partial charge on any atom is 0.416 e. The summed E-state index contributed by atoms with van der Waals surface area (Å²) in [5.41, 5.74) is -0.656. The number of carbonyl (C=O) groups excluding carboxylic acids is 1. The van der Waals surface area contributed by atoms with Crippen LogP contribution in [-0.4, -0.2) is 76.7 Å². The second-order valence-electron chi connectivity index (χ2n) is 7.72. The third-order valence-corrected chi connectivity index (χ3v) is 6.25. The number of hydrogen-bond acceptors (Lipinski definition) is 5. The lowest BCUT2D eigenvalue weighted by molar-refractivity contribution is -0.145. The number of thiocarbonyl (C=S) groups is 1. The number of alkyl halides is 3. The fraction of sp³-hybridized carbons (Fsp3) is 0.579. The van der Waals surface area contributed by atoms with Gasteiger partial charge in [-0.15, -0.1) is 0 Å². The first-order chi connectivity index (χ1) is 14.2. The average Bonchev–Trinajstić information content (AvgIpc) is 3.07. The molecule has 7 nitrogen and oxygen atoms in total. The fourth-order valence-electron chi connectivity index (χ4n) is 4.48. The molecule has 0 radical (unpaired) electrons. The number of ether oxygens (including phenoxy) is 1. The molecule has 1 amide bonds. The Balaban J connectivity index is 1.71. The summed E-state index contributed by atoms with van der Waals surface area (Å²) < 4.78 is 45.0. The molecule has 164 valence electrons. The summed E-state index contributed by atoms with van der Waals surface area (Å²) in [7, 11) is 0.